The molecule has 0 saturated heterocycles. The molecule has 1 amide bonds. The molecule has 33 heavy (non-hydrogen) atoms. The molecule has 0 aliphatic heterocycles. The Morgan fingerprint density at radius 1 is 1.12 bits per heavy atom. The van der Waals surface area contributed by atoms with Gasteiger partial charge in [0.05, 0.1) is 11.7 Å². The van der Waals surface area contributed by atoms with Gasteiger partial charge in [-0.3, -0.25) is 19.5 Å². The first-order valence-corrected chi connectivity index (χ1v) is 12.6. The van der Waals surface area contributed by atoms with E-state index in [0.29, 0.717) is 21.8 Å². The zero-order valence-electron chi connectivity index (χ0n) is 19.6. The van der Waals surface area contributed by atoms with Gasteiger partial charge in [0.1, 0.15) is 15.9 Å². The van der Waals surface area contributed by atoms with Crippen molar-refractivity contribution in [2.24, 2.45) is 0 Å². The lowest BCUT2D eigenvalue weighted by atomic mass is 9.99. The lowest BCUT2D eigenvalue weighted by Gasteiger charge is -2.16. The third-order valence-corrected chi connectivity index (χ3v) is 7.95. The molecular formula is C24H27N5O2S2. The van der Waals surface area contributed by atoms with E-state index in [1.807, 2.05) is 33.8 Å². The summed E-state index contributed by atoms with van der Waals surface area (Å²) in [6.07, 6.45) is 1.93. The maximum Gasteiger partial charge on any atom is 0.263 e. The third-order valence-electron chi connectivity index (χ3n) is 5.80. The maximum atomic E-state index is 13.7. The molecule has 1 N–H and O–H groups in total. The maximum absolute atomic E-state index is 13.7. The fraction of sp³-hybridized carbons (Fsp3) is 0.375. The molecule has 1 unspecified atom stereocenters. The van der Waals surface area contributed by atoms with E-state index in [9.17, 15) is 9.59 Å². The van der Waals surface area contributed by atoms with Gasteiger partial charge in [0.25, 0.3) is 5.56 Å². The quantitative estimate of drug-likeness (QED) is 0.386. The number of carbonyl (C=O) groups is 1. The number of carbonyl (C=O) groups excluding carboxylic acids is 1. The molecule has 4 aromatic rings. The largest absolute Gasteiger partial charge is 0.299 e. The summed E-state index contributed by atoms with van der Waals surface area (Å²) in [7, 11) is 0. The van der Waals surface area contributed by atoms with E-state index in [-0.39, 0.29) is 17.4 Å². The summed E-state index contributed by atoms with van der Waals surface area (Å²) in [6.45, 7) is 12.1. The van der Waals surface area contributed by atoms with Crippen molar-refractivity contribution in [3.8, 4) is 11.1 Å². The van der Waals surface area contributed by atoms with Crippen molar-refractivity contribution in [3.63, 3.8) is 0 Å². The fourth-order valence-corrected chi connectivity index (χ4v) is 5.55. The van der Waals surface area contributed by atoms with Gasteiger partial charge >= 0.3 is 0 Å². The number of hydrogen-bond donors (Lipinski definition) is 1. The summed E-state index contributed by atoms with van der Waals surface area (Å²) in [6, 6.07) is 5.51. The second kappa shape index (κ2) is 9.15. The smallest absolute Gasteiger partial charge is 0.263 e. The van der Waals surface area contributed by atoms with Crippen molar-refractivity contribution >= 4 is 43.9 Å². The van der Waals surface area contributed by atoms with Crippen LogP contribution >= 0.6 is 22.7 Å². The normalized spacial score (nSPS) is 12.5. The number of amides is 1. The minimum atomic E-state index is -0.700. The van der Waals surface area contributed by atoms with Crippen LogP contribution in [0.25, 0.3) is 21.3 Å². The van der Waals surface area contributed by atoms with E-state index < -0.39 is 6.04 Å². The van der Waals surface area contributed by atoms with E-state index in [1.54, 1.807) is 0 Å². The summed E-state index contributed by atoms with van der Waals surface area (Å²) < 4.78 is 1.44. The molecule has 172 valence electrons. The highest BCUT2D eigenvalue weighted by molar-refractivity contribution is 7.19. The molecule has 1 aromatic carbocycles. The lowest BCUT2D eigenvalue weighted by Crippen LogP contribution is -2.33. The van der Waals surface area contributed by atoms with Crippen LogP contribution in [0.15, 0.2) is 29.3 Å². The van der Waals surface area contributed by atoms with E-state index in [1.165, 1.54) is 44.7 Å². The first-order valence-electron chi connectivity index (χ1n) is 10.9. The molecule has 0 fully saturated rings. The Morgan fingerprint density at radius 3 is 2.52 bits per heavy atom. The van der Waals surface area contributed by atoms with Gasteiger partial charge in [0.15, 0.2) is 0 Å². The Kier molecular flexibility index (Phi) is 6.45. The van der Waals surface area contributed by atoms with Gasteiger partial charge in [0.2, 0.25) is 11.0 Å². The molecule has 1 atom stereocenters. The van der Waals surface area contributed by atoms with Crippen LogP contribution in [-0.4, -0.2) is 25.7 Å². The van der Waals surface area contributed by atoms with E-state index in [4.69, 9.17) is 0 Å². The van der Waals surface area contributed by atoms with Crippen LogP contribution in [0.3, 0.4) is 0 Å². The van der Waals surface area contributed by atoms with Crippen molar-refractivity contribution < 1.29 is 4.79 Å². The van der Waals surface area contributed by atoms with Crippen LogP contribution < -0.4 is 10.9 Å². The number of aryl methyl sites for hydroxylation is 3. The van der Waals surface area contributed by atoms with Gasteiger partial charge in [0, 0.05) is 16.4 Å². The Bertz CT molecular complexity index is 1400. The van der Waals surface area contributed by atoms with E-state index in [0.717, 1.165) is 21.0 Å². The van der Waals surface area contributed by atoms with Gasteiger partial charge in [-0.25, -0.2) is 4.98 Å². The summed E-state index contributed by atoms with van der Waals surface area (Å²) in [5.74, 6) is -0.0677. The molecule has 0 radical (unpaired) electrons. The molecular weight excluding hydrogens is 454 g/mol. The van der Waals surface area contributed by atoms with Gasteiger partial charge in [-0.1, -0.05) is 50.3 Å². The second-order valence-corrected chi connectivity index (χ2v) is 10.7. The molecule has 4 rings (SSSR count). The lowest BCUT2D eigenvalue weighted by molar-refractivity contribution is -0.119. The number of rotatable bonds is 6. The van der Waals surface area contributed by atoms with Crippen molar-refractivity contribution in [1.82, 2.24) is 19.7 Å². The van der Waals surface area contributed by atoms with Gasteiger partial charge in [-0.05, 0) is 43.9 Å². The van der Waals surface area contributed by atoms with Crippen LogP contribution in [0.5, 0.6) is 0 Å². The Hall–Kier alpha value is -2.91. The van der Waals surface area contributed by atoms with Crippen LogP contribution in [0.4, 0.5) is 5.13 Å². The number of thiophene rings is 1. The van der Waals surface area contributed by atoms with Gasteiger partial charge in [-0.2, -0.15) is 0 Å². The van der Waals surface area contributed by atoms with Crippen LogP contribution in [0.1, 0.15) is 60.2 Å². The van der Waals surface area contributed by atoms with E-state index in [2.05, 4.69) is 46.5 Å². The van der Waals surface area contributed by atoms with Crippen molar-refractivity contribution in [1.29, 1.82) is 0 Å². The number of hydrogen-bond acceptors (Lipinski definition) is 7. The monoisotopic (exact) mass is 481 g/mol. The van der Waals surface area contributed by atoms with Gasteiger partial charge in [-0.15, -0.1) is 21.5 Å². The highest BCUT2D eigenvalue weighted by Gasteiger charge is 2.25. The number of nitrogens with zero attached hydrogens (tertiary/aromatic N) is 4. The Balaban J connectivity index is 1.76. The molecule has 9 heteroatoms. The highest BCUT2D eigenvalue weighted by atomic mass is 32.1. The van der Waals surface area contributed by atoms with Crippen LogP contribution in [-0.2, 0) is 4.79 Å². The second-order valence-electron chi connectivity index (χ2n) is 8.48. The Morgan fingerprint density at radius 2 is 1.88 bits per heavy atom. The molecule has 0 aliphatic carbocycles. The average molecular weight is 482 g/mol. The van der Waals surface area contributed by atoms with Crippen molar-refractivity contribution in [2.75, 3.05) is 5.32 Å². The fourth-order valence-electron chi connectivity index (χ4n) is 3.80. The van der Waals surface area contributed by atoms with Crippen LogP contribution in [0.2, 0.25) is 0 Å². The zero-order chi connectivity index (χ0) is 23.9. The van der Waals surface area contributed by atoms with Crippen molar-refractivity contribution in [3.05, 3.63) is 55.9 Å². The van der Waals surface area contributed by atoms with Crippen molar-refractivity contribution in [2.45, 2.75) is 59.9 Å². The average Bonchev–Trinajstić information content (AvgIpc) is 3.36. The van der Waals surface area contributed by atoms with E-state index >= 15 is 0 Å². The first-order chi connectivity index (χ1) is 15.7. The molecule has 0 saturated carbocycles. The van der Waals surface area contributed by atoms with Crippen LogP contribution in [0, 0.1) is 20.8 Å². The topological polar surface area (TPSA) is 89.8 Å². The highest BCUT2D eigenvalue weighted by Crippen LogP contribution is 2.36. The first kappa shape index (κ1) is 23.3. The molecule has 0 aliphatic rings. The molecule has 0 bridgehead atoms. The number of anilines is 1. The number of nitrogens with one attached hydrogen (secondary N) is 1. The predicted octanol–water partition coefficient (Wildman–Crippen LogP) is 5.61. The predicted molar refractivity (Wildman–Crippen MR) is 135 cm³/mol. The number of fused-ring (bicyclic) bond motifs is 1. The number of aromatic nitrogens is 4. The molecule has 0 spiro atoms. The SMILES string of the molecule is CCC(C(=O)Nc1nnc(C(C)C)s1)n1cnc2sc(C)c(-c3ccc(C)c(C)c3)c2c1=O. The minimum Gasteiger partial charge on any atom is -0.299 e. The standard InChI is InChI=1S/C24H27N5O2S2/c1-7-17(20(30)26-24-28-27-21(33-24)12(2)3)29-11-25-22-19(23(29)31)18(15(6)32-22)16-9-8-13(4)14(5)10-16/h8-12,17H,7H2,1-6H3,(H,26,28,30). The van der Waals surface area contributed by atoms with Gasteiger partial charge < -0.3 is 0 Å². The third kappa shape index (κ3) is 4.35. The Labute approximate surface area is 200 Å². The number of benzene rings is 1. The summed E-state index contributed by atoms with van der Waals surface area (Å²) in [5, 5.41) is 12.9. The summed E-state index contributed by atoms with van der Waals surface area (Å²) in [4.78, 5) is 33.0. The molecule has 7 nitrogen and oxygen atoms in total. The summed E-state index contributed by atoms with van der Waals surface area (Å²) in [5.41, 5.74) is 4.04. The zero-order valence-corrected chi connectivity index (χ0v) is 21.2. The molecule has 3 aromatic heterocycles. The minimum absolute atomic E-state index is 0.209. The molecule has 3 heterocycles. The summed E-state index contributed by atoms with van der Waals surface area (Å²) >= 11 is 2.85.